The van der Waals surface area contributed by atoms with E-state index >= 15 is 0 Å². The number of thioether (sulfide) groups is 1. The van der Waals surface area contributed by atoms with Gasteiger partial charge in [-0.3, -0.25) is 4.57 Å². The minimum Gasteiger partial charge on any atom is -0.298 e. The zero-order chi connectivity index (χ0) is 15.6. The summed E-state index contributed by atoms with van der Waals surface area (Å²) >= 11 is 3.35. The van der Waals surface area contributed by atoms with Gasteiger partial charge in [-0.1, -0.05) is 36.0 Å². The van der Waals surface area contributed by atoms with Crippen LogP contribution in [0.3, 0.4) is 0 Å². The van der Waals surface area contributed by atoms with Gasteiger partial charge in [-0.25, -0.2) is 0 Å². The lowest BCUT2D eigenvalue weighted by Crippen LogP contribution is -1.99. The van der Waals surface area contributed by atoms with Gasteiger partial charge in [-0.2, -0.15) is 5.26 Å². The Balaban J connectivity index is 1.61. The topological polar surface area (TPSA) is 54.5 Å². The number of nitrogens with zero attached hydrogens (tertiary/aromatic N) is 4. The fourth-order valence-corrected chi connectivity index (χ4v) is 4.22. The Bertz CT molecular complexity index is 857. The molecular weight excluding hydrogens is 324 g/mol. The van der Waals surface area contributed by atoms with Gasteiger partial charge >= 0.3 is 0 Å². The molecule has 2 heterocycles. The lowest BCUT2D eigenvalue weighted by molar-refractivity contribution is 0.670. The molecule has 0 unspecified atom stereocenters. The van der Waals surface area contributed by atoms with E-state index < -0.39 is 0 Å². The van der Waals surface area contributed by atoms with Crippen LogP contribution in [-0.4, -0.2) is 14.8 Å². The number of hydrogen-bond donors (Lipinski definition) is 0. The van der Waals surface area contributed by atoms with Crippen molar-refractivity contribution >= 4 is 23.1 Å². The van der Waals surface area contributed by atoms with Crippen LogP contribution in [0.5, 0.6) is 0 Å². The molecule has 1 aromatic carbocycles. The highest BCUT2D eigenvalue weighted by Crippen LogP contribution is 2.42. The van der Waals surface area contributed by atoms with Crippen LogP contribution in [0, 0.1) is 11.3 Å². The molecule has 1 saturated carbocycles. The van der Waals surface area contributed by atoms with Crippen molar-refractivity contribution in [1.29, 1.82) is 5.26 Å². The average Bonchev–Trinajstić information content (AvgIpc) is 3.12. The van der Waals surface area contributed by atoms with E-state index in [1.165, 1.54) is 12.8 Å². The fourth-order valence-electron chi connectivity index (χ4n) is 2.51. The van der Waals surface area contributed by atoms with Gasteiger partial charge in [0.1, 0.15) is 0 Å². The molecule has 4 rings (SSSR count). The molecular formula is C17H14N4S2. The standard InChI is InChI=1S/C17H14N4S2/c18-10-12-4-1-2-5-13(12)11-23-17-20-19-16(15-6-3-9-22-15)21(17)14-7-8-14/h1-6,9,14H,7-8,11H2. The number of thiophene rings is 1. The first-order valence-corrected chi connectivity index (χ1v) is 9.33. The van der Waals surface area contributed by atoms with Crippen LogP contribution < -0.4 is 0 Å². The molecule has 1 fully saturated rings. The van der Waals surface area contributed by atoms with E-state index in [4.69, 9.17) is 0 Å². The van der Waals surface area contributed by atoms with Crippen LogP contribution in [0.2, 0.25) is 0 Å². The van der Waals surface area contributed by atoms with E-state index in [-0.39, 0.29) is 0 Å². The van der Waals surface area contributed by atoms with Crippen LogP contribution >= 0.6 is 23.1 Å². The summed E-state index contributed by atoms with van der Waals surface area (Å²) in [5.41, 5.74) is 1.78. The van der Waals surface area contributed by atoms with Gasteiger partial charge < -0.3 is 0 Å². The number of hydrogen-bond acceptors (Lipinski definition) is 5. The van der Waals surface area contributed by atoms with Gasteiger partial charge in [0.2, 0.25) is 0 Å². The summed E-state index contributed by atoms with van der Waals surface area (Å²) in [6.07, 6.45) is 2.39. The van der Waals surface area contributed by atoms with Crippen molar-refractivity contribution in [3.05, 3.63) is 52.9 Å². The smallest absolute Gasteiger partial charge is 0.192 e. The fraction of sp³-hybridized carbons (Fsp3) is 0.235. The molecule has 0 atom stereocenters. The molecule has 0 amide bonds. The normalized spacial score (nSPS) is 13.9. The second-order valence-electron chi connectivity index (χ2n) is 5.44. The summed E-state index contributed by atoms with van der Waals surface area (Å²) in [7, 11) is 0. The predicted octanol–water partition coefficient (Wildman–Crippen LogP) is 4.51. The number of benzene rings is 1. The first-order chi connectivity index (χ1) is 11.4. The first kappa shape index (κ1) is 14.5. The Hall–Kier alpha value is -2.10. The summed E-state index contributed by atoms with van der Waals surface area (Å²) in [5, 5.41) is 21.0. The summed E-state index contributed by atoms with van der Waals surface area (Å²) in [4.78, 5) is 1.16. The third kappa shape index (κ3) is 2.90. The minimum absolute atomic E-state index is 0.524. The van der Waals surface area contributed by atoms with Gasteiger partial charge in [-0.15, -0.1) is 21.5 Å². The average molecular weight is 338 g/mol. The molecule has 23 heavy (non-hydrogen) atoms. The SMILES string of the molecule is N#Cc1ccccc1CSc1nnc(-c2cccs2)n1C1CC1. The van der Waals surface area contributed by atoms with Gasteiger partial charge in [0.15, 0.2) is 11.0 Å². The number of aromatic nitrogens is 3. The van der Waals surface area contributed by atoms with E-state index in [0.717, 1.165) is 32.7 Å². The van der Waals surface area contributed by atoms with Crippen molar-refractivity contribution in [3.8, 4) is 16.8 Å². The Morgan fingerprint density at radius 2 is 2.09 bits per heavy atom. The lowest BCUT2D eigenvalue weighted by Gasteiger charge is -2.08. The minimum atomic E-state index is 0.524. The van der Waals surface area contributed by atoms with Gasteiger partial charge in [-0.05, 0) is 35.9 Å². The molecule has 0 aliphatic heterocycles. The molecule has 0 saturated heterocycles. The molecule has 114 valence electrons. The zero-order valence-electron chi connectivity index (χ0n) is 12.3. The summed E-state index contributed by atoms with van der Waals surface area (Å²) in [6, 6.07) is 14.6. The maximum absolute atomic E-state index is 9.21. The van der Waals surface area contributed by atoms with E-state index in [1.807, 2.05) is 30.3 Å². The molecule has 4 nitrogen and oxygen atoms in total. The zero-order valence-corrected chi connectivity index (χ0v) is 14.0. The molecule has 6 heteroatoms. The second kappa shape index (κ2) is 6.19. The molecule has 0 spiro atoms. The summed E-state index contributed by atoms with van der Waals surface area (Å²) in [5.74, 6) is 1.71. The third-order valence-electron chi connectivity index (χ3n) is 3.81. The van der Waals surface area contributed by atoms with Crippen LogP contribution in [0.25, 0.3) is 10.7 Å². The van der Waals surface area contributed by atoms with Gasteiger partial charge in [0.05, 0.1) is 16.5 Å². The van der Waals surface area contributed by atoms with E-state index in [2.05, 4.69) is 32.3 Å². The van der Waals surface area contributed by atoms with E-state index in [0.29, 0.717) is 6.04 Å². The largest absolute Gasteiger partial charge is 0.298 e. The number of nitriles is 1. The molecule has 1 aliphatic carbocycles. The second-order valence-corrected chi connectivity index (χ2v) is 7.33. The molecule has 3 aromatic rings. The molecule has 0 N–H and O–H groups in total. The van der Waals surface area contributed by atoms with Crippen molar-refractivity contribution in [2.45, 2.75) is 29.8 Å². The van der Waals surface area contributed by atoms with E-state index in [9.17, 15) is 5.26 Å². The Morgan fingerprint density at radius 3 is 2.83 bits per heavy atom. The van der Waals surface area contributed by atoms with Crippen molar-refractivity contribution in [3.63, 3.8) is 0 Å². The quantitative estimate of drug-likeness (QED) is 0.643. The molecule has 0 bridgehead atoms. The summed E-state index contributed by atoms with van der Waals surface area (Å²) in [6.45, 7) is 0. The first-order valence-electron chi connectivity index (χ1n) is 7.46. The molecule has 2 aromatic heterocycles. The van der Waals surface area contributed by atoms with Crippen LogP contribution in [0.4, 0.5) is 0 Å². The van der Waals surface area contributed by atoms with Crippen molar-refractivity contribution < 1.29 is 0 Å². The van der Waals surface area contributed by atoms with Crippen LogP contribution in [-0.2, 0) is 5.75 Å². The monoisotopic (exact) mass is 338 g/mol. The highest BCUT2D eigenvalue weighted by molar-refractivity contribution is 7.98. The van der Waals surface area contributed by atoms with E-state index in [1.54, 1.807) is 23.1 Å². The summed E-state index contributed by atoms with van der Waals surface area (Å²) < 4.78 is 2.27. The van der Waals surface area contributed by atoms with Crippen LogP contribution in [0.1, 0.15) is 30.0 Å². The Kier molecular flexibility index (Phi) is 3.90. The highest BCUT2D eigenvalue weighted by atomic mass is 32.2. The Morgan fingerprint density at radius 1 is 1.22 bits per heavy atom. The van der Waals surface area contributed by atoms with Crippen molar-refractivity contribution in [2.75, 3.05) is 0 Å². The predicted molar refractivity (Wildman–Crippen MR) is 92.3 cm³/mol. The molecule has 0 radical (unpaired) electrons. The van der Waals surface area contributed by atoms with Crippen molar-refractivity contribution in [1.82, 2.24) is 14.8 Å². The third-order valence-corrected chi connectivity index (χ3v) is 5.67. The van der Waals surface area contributed by atoms with Gasteiger partial charge in [0, 0.05) is 11.8 Å². The maximum atomic E-state index is 9.21. The van der Waals surface area contributed by atoms with Crippen LogP contribution in [0.15, 0.2) is 46.9 Å². The number of rotatable bonds is 5. The van der Waals surface area contributed by atoms with Gasteiger partial charge in [0.25, 0.3) is 0 Å². The van der Waals surface area contributed by atoms with Crippen molar-refractivity contribution in [2.24, 2.45) is 0 Å². The maximum Gasteiger partial charge on any atom is 0.192 e. The molecule has 1 aliphatic rings. The highest BCUT2D eigenvalue weighted by Gasteiger charge is 2.30. The lowest BCUT2D eigenvalue weighted by atomic mass is 10.1. The Labute approximate surface area is 142 Å².